The Kier molecular flexibility index (Phi) is 3.53. The number of para-hydroxylation sites is 1. The monoisotopic (exact) mass is 215 g/mol. The van der Waals surface area contributed by atoms with Crippen LogP contribution >= 0.6 is 0 Å². The van der Waals surface area contributed by atoms with Crippen molar-refractivity contribution in [3.63, 3.8) is 0 Å². The first-order valence-electron chi connectivity index (χ1n) is 5.02. The predicted octanol–water partition coefficient (Wildman–Crippen LogP) is 2.87. The highest BCUT2D eigenvalue weighted by molar-refractivity contribution is 5.33. The molecule has 0 fully saturated rings. The van der Waals surface area contributed by atoms with E-state index in [1.54, 1.807) is 0 Å². The van der Waals surface area contributed by atoms with Crippen molar-refractivity contribution in [2.75, 3.05) is 0 Å². The third-order valence-electron chi connectivity index (χ3n) is 2.13. The lowest BCUT2D eigenvalue weighted by atomic mass is 10.2. The third-order valence-corrected chi connectivity index (χ3v) is 2.13. The van der Waals surface area contributed by atoms with E-state index in [-0.39, 0.29) is 0 Å². The van der Waals surface area contributed by atoms with Gasteiger partial charge in [0.1, 0.15) is 11.5 Å². The van der Waals surface area contributed by atoms with E-state index >= 15 is 0 Å². The van der Waals surface area contributed by atoms with Crippen LogP contribution in [0.1, 0.15) is 5.56 Å². The molecule has 0 aliphatic heterocycles. The molecule has 0 aromatic heterocycles. The Morgan fingerprint density at radius 2 is 1.62 bits per heavy atom. The SMILES string of the molecule is NOCc1cccc(Oc2ccccc2)c1. The van der Waals surface area contributed by atoms with Crippen molar-refractivity contribution < 1.29 is 9.57 Å². The van der Waals surface area contributed by atoms with E-state index in [2.05, 4.69) is 4.84 Å². The van der Waals surface area contributed by atoms with Gasteiger partial charge in [0.25, 0.3) is 0 Å². The fraction of sp³-hybridized carbons (Fsp3) is 0.0769. The second kappa shape index (κ2) is 5.30. The number of hydrogen-bond acceptors (Lipinski definition) is 3. The highest BCUT2D eigenvalue weighted by atomic mass is 16.6. The summed E-state index contributed by atoms with van der Waals surface area (Å²) < 4.78 is 5.67. The van der Waals surface area contributed by atoms with Gasteiger partial charge in [0, 0.05) is 0 Å². The molecule has 0 aliphatic rings. The van der Waals surface area contributed by atoms with E-state index in [4.69, 9.17) is 10.6 Å². The largest absolute Gasteiger partial charge is 0.457 e. The molecule has 2 aromatic rings. The Hall–Kier alpha value is -1.84. The molecule has 0 amide bonds. The molecular formula is C13H13NO2. The zero-order valence-electron chi connectivity index (χ0n) is 8.80. The van der Waals surface area contributed by atoms with Gasteiger partial charge in [0.05, 0.1) is 6.61 Å². The number of hydrogen-bond donors (Lipinski definition) is 1. The average Bonchev–Trinajstić information content (AvgIpc) is 2.31. The van der Waals surface area contributed by atoms with Crippen molar-refractivity contribution in [2.24, 2.45) is 5.90 Å². The molecule has 2 aromatic carbocycles. The summed E-state index contributed by atoms with van der Waals surface area (Å²) in [6.45, 7) is 0.381. The molecule has 0 saturated heterocycles. The Bertz CT molecular complexity index is 443. The summed E-state index contributed by atoms with van der Waals surface area (Å²) in [6, 6.07) is 17.3. The second-order valence-corrected chi connectivity index (χ2v) is 3.37. The average molecular weight is 215 g/mol. The van der Waals surface area contributed by atoms with Crippen LogP contribution in [0.3, 0.4) is 0 Å². The topological polar surface area (TPSA) is 44.5 Å². The minimum Gasteiger partial charge on any atom is -0.457 e. The Balaban J connectivity index is 2.12. The van der Waals surface area contributed by atoms with Gasteiger partial charge in [-0.15, -0.1) is 0 Å². The number of rotatable bonds is 4. The summed E-state index contributed by atoms with van der Waals surface area (Å²) >= 11 is 0. The van der Waals surface area contributed by atoms with E-state index in [1.807, 2.05) is 54.6 Å². The first-order valence-corrected chi connectivity index (χ1v) is 5.02. The van der Waals surface area contributed by atoms with Crippen molar-refractivity contribution in [2.45, 2.75) is 6.61 Å². The highest BCUT2D eigenvalue weighted by Gasteiger charge is 1.98. The highest BCUT2D eigenvalue weighted by Crippen LogP contribution is 2.21. The van der Waals surface area contributed by atoms with Crippen molar-refractivity contribution >= 4 is 0 Å². The lowest BCUT2D eigenvalue weighted by molar-refractivity contribution is 0.124. The number of benzene rings is 2. The molecule has 0 saturated carbocycles. The minimum absolute atomic E-state index is 0.381. The fourth-order valence-electron chi connectivity index (χ4n) is 1.42. The molecule has 2 N–H and O–H groups in total. The van der Waals surface area contributed by atoms with Crippen molar-refractivity contribution in [1.29, 1.82) is 0 Å². The standard InChI is InChI=1S/C13H13NO2/c14-15-10-11-5-4-8-13(9-11)16-12-6-2-1-3-7-12/h1-9H,10,14H2. The number of ether oxygens (including phenoxy) is 1. The van der Waals surface area contributed by atoms with Crippen molar-refractivity contribution in [3.05, 3.63) is 60.2 Å². The lowest BCUT2D eigenvalue weighted by Crippen LogP contribution is -1.98. The lowest BCUT2D eigenvalue weighted by Gasteiger charge is -2.06. The molecule has 3 heteroatoms. The first-order chi connectivity index (χ1) is 7.88. The van der Waals surface area contributed by atoms with Gasteiger partial charge in [-0.25, -0.2) is 5.90 Å². The van der Waals surface area contributed by atoms with Gasteiger partial charge in [-0.2, -0.15) is 0 Å². The van der Waals surface area contributed by atoms with Crippen molar-refractivity contribution in [1.82, 2.24) is 0 Å². The van der Waals surface area contributed by atoms with E-state index in [9.17, 15) is 0 Å². The van der Waals surface area contributed by atoms with Crippen LogP contribution in [0.5, 0.6) is 11.5 Å². The first kappa shape index (κ1) is 10.7. The van der Waals surface area contributed by atoms with E-state index < -0.39 is 0 Å². The molecule has 16 heavy (non-hydrogen) atoms. The zero-order chi connectivity index (χ0) is 11.2. The summed E-state index contributed by atoms with van der Waals surface area (Å²) in [7, 11) is 0. The van der Waals surface area contributed by atoms with Gasteiger partial charge < -0.3 is 4.74 Å². The summed E-state index contributed by atoms with van der Waals surface area (Å²) in [6.07, 6.45) is 0. The molecule has 0 radical (unpaired) electrons. The molecule has 0 atom stereocenters. The van der Waals surface area contributed by atoms with Gasteiger partial charge >= 0.3 is 0 Å². The minimum atomic E-state index is 0.381. The summed E-state index contributed by atoms with van der Waals surface area (Å²) in [5.41, 5.74) is 0.982. The van der Waals surface area contributed by atoms with Gasteiger partial charge in [0.15, 0.2) is 0 Å². The van der Waals surface area contributed by atoms with Crippen LogP contribution in [0.4, 0.5) is 0 Å². The third kappa shape index (κ3) is 2.82. The summed E-state index contributed by atoms with van der Waals surface area (Å²) in [4.78, 5) is 4.58. The van der Waals surface area contributed by atoms with Gasteiger partial charge in [-0.3, -0.25) is 4.84 Å². The maximum atomic E-state index is 5.67. The quantitative estimate of drug-likeness (QED) is 0.797. The molecule has 0 spiro atoms. The van der Waals surface area contributed by atoms with Crippen LogP contribution < -0.4 is 10.6 Å². The van der Waals surface area contributed by atoms with E-state index in [0.717, 1.165) is 17.1 Å². The molecule has 82 valence electrons. The Labute approximate surface area is 94.4 Å². The summed E-state index contributed by atoms with van der Waals surface area (Å²) in [5.74, 6) is 6.61. The molecule has 0 unspecified atom stereocenters. The van der Waals surface area contributed by atoms with Crippen LogP contribution in [0.25, 0.3) is 0 Å². The second-order valence-electron chi connectivity index (χ2n) is 3.37. The van der Waals surface area contributed by atoms with Crippen molar-refractivity contribution in [3.8, 4) is 11.5 Å². The zero-order valence-corrected chi connectivity index (χ0v) is 8.80. The van der Waals surface area contributed by atoms with Crippen LogP contribution in [-0.4, -0.2) is 0 Å². The van der Waals surface area contributed by atoms with E-state index in [0.29, 0.717) is 6.61 Å². The fourth-order valence-corrected chi connectivity index (χ4v) is 1.42. The molecule has 2 rings (SSSR count). The molecule has 0 aliphatic carbocycles. The van der Waals surface area contributed by atoms with Gasteiger partial charge in [-0.1, -0.05) is 30.3 Å². The summed E-state index contributed by atoms with van der Waals surface area (Å²) in [5, 5.41) is 0. The predicted molar refractivity (Wildman–Crippen MR) is 61.9 cm³/mol. The molecular weight excluding hydrogens is 202 g/mol. The molecule has 0 heterocycles. The maximum Gasteiger partial charge on any atom is 0.127 e. The molecule has 3 nitrogen and oxygen atoms in total. The maximum absolute atomic E-state index is 5.67. The van der Waals surface area contributed by atoms with Gasteiger partial charge in [0.2, 0.25) is 0 Å². The van der Waals surface area contributed by atoms with E-state index in [1.165, 1.54) is 0 Å². The normalized spacial score (nSPS) is 10.1. The smallest absolute Gasteiger partial charge is 0.127 e. The van der Waals surface area contributed by atoms with Gasteiger partial charge in [-0.05, 0) is 29.8 Å². The number of nitrogens with two attached hydrogens (primary N) is 1. The Morgan fingerprint density at radius 1 is 0.875 bits per heavy atom. The van der Waals surface area contributed by atoms with Crippen LogP contribution in [-0.2, 0) is 11.4 Å². The molecule has 0 bridgehead atoms. The van der Waals surface area contributed by atoms with Crippen LogP contribution in [0.2, 0.25) is 0 Å². The van der Waals surface area contributed by atoms with Crippen LogP contribution in [0, 0.1) is 0 Å². The Morgan fingerprint density at radius 3 is 2.38 bits per heavy atom. The van der Waals surface area contributed by atoms with Crippen LogP contribution in [0.15, 0.2) is 54.6 Å².